The van der Waals surface area contributed by atoms with Gasteiger partial charge in [-0.05, 0) is 50.7 Å². The van der Waals surface area contributed by atoms with Crippen LogP contribution < -0.4 is 10.1 Å². The average molecular weight is 362 g/mol. The fraction of sp³-hybridized carbons (Fsp3) is 0.650. The molecule has 6 heteroatoms. The number of nitrogens with zero attached hydrogens (tertiary/aromatic N) is 1. The van der Waals surface area contributed by atoms with Gasteiger partial charge in [-0.1, -0.05) is 6.42 Å². The van der Waals surface area contributed by atoms with Crippen LogP contribution in [0.5, 0.6) is 5.75 Å². The number of likely N-dealkylation sites (tertiary alicyclic amines) is 1. The highest BCUT2D eigenvalue weighted by Gasteiger charge is 2.59. The van der Waals surface area contributed by atoms with Crippen molar-refractivity contribution in [1.29, 1.82) is 0 Å². The molecule has 142 valence electrons. The Labute approximate surface area is 153 Å². The molecule has 26 heavy (non-hydrogen) atoms. The minimum atomic E-state index is -0.467. The fourth-order valence-electron chi connectivity index (χ4n) is 4.86. The van der Waals surface area contributed by atoms with E-state index in [4.69, 9.17) is 9.47 Å². The van der Waals surface area contributed by atoms with E-state index >= 15 is 0 Å². The third kappa shape index (κ3) is 3.04. The van der Waals surface area contributed by atoms with Crippen LogP contribution in [0.25, 0.3) is 0 Å². The van der Waals surface area contributed by atoms with Gasteiger partial charge in [-0.3, -0.25) is 0 Å². The molecule has 2 amide bonds. The zero-order valence-electron chi connectivity index (χ0n) is 15.3. The van der Waals surface area contributed by atoms with E-state index in [2.05, 4.69) is 5.32 Å². The molecule has 1 aromatic rings. The van der Waals surface area contributed by atoms with Crippen LogP contribution in [0.3, 0.4) is 0 Å². The van der Waals surface area contributed by atoms with Crippen molar-refractivity contribution in [1.82, 2.24) is 4.90 Å². The zero-order chi connectivity index (χ0) is 18.1. The number of urea groups is 1. The number of halogens is 1. The number of ether oxygens (including phenoxy) is 2. The highest BCUT2D eigenvalue weighted by atomic mass is 19.1. The first-order chi connectivity index (χ1) is 12.6. The number of amides is 2. The second-order valence-corrected chi connectivity index (χ2v) is 7.74. The average Bonchev–Trinajstić information content (AvgIpc) is 2.56. The summed E-state index contributed by atoms with van der Waals surface area (Å²) in [5.41, 5.74) is 0.509. The van der Waals surface area contributed by atoms with Gasteiger partial charge >= 0.3 is 6.03 Å². The standard InChI is InChI=1S/C20H27FN2O3/c1-2-26-15-4-5-17(16(21)12-15)22-19(24)23-13-20(8-3-9-20)18(23)14-6-10-25-11-7-14/h4-5,12,14,18H,2-3,6-11,13H2,1H3,(H,22,24)/t18-/m0/s1. The van der Waals surface area contributed by atoms with E-state index in [1.54, 1.807) is 12.1 Å². The van der Waals surface area contributed by atoms with Gasteiger partial charge in [-0.2, -0.15) is 0 Å². The predicted octanol–water partition coefficient (Wildman–Crippen LogP) is 4.04. The second kappa shape index (κ2) is 7.06. The SMILES string of the molecule is CCOc1ccc(NC(=O)N2CC3(CCC3)[C@@H]2C2CCOCC2)c(F)c1. The molecule has 0 bridgehead atoms. The van der Waals surface area contributed by atoms with Crippen LogP contribution in [0.2, 0.25) is 0 Å². The summed E-state index contributed by atoms with van der Waals surface area (Å²) in [6.07, 6.45) is 5.68. The Kier molecular flexibility index (Phi) is 4.78. The maximum Gasteiger partial charge on any atom is 0.322 e. The number of hydrogen-bond donors (Lipinski definition) is 1. The summed E-state index contributed by atoms with van der Waals surface area (Å²) in [4.78, 5) is 14.7. The molecule has 1 aromatic carbocycles. The summed E-state index contributed by atoms with van der Waals surface area (Å²) in [5, 5.41) is 2.76. The fourth-order valence-corrected chi connectivity index (χ4v) is 4.86. The molecule has 5 nitrogen and oxygen atoms in total. The van der Waals surface area contributed by atoms with Crippen molar-refractivity contribution in [3.8, 4) is 5.75 Å². The Morgan fingerprint density at radius 3 is 2.77 bits per heavy atom. The quantitative estimate of drug-likeness (QED) is 0.880. The van der Waals surface area contributed by atoms with Gasteiger partial charge in [0.05, 0.1) is 12.3 Å². The molecule has 1 N–H and O–H groups in total. The van der Waals surface area contributed by atoms with E-state index in [9.17, 15) is 9.18 Å². The van der Waals surface area contributed by atoms with Crippen molar-refractivity contribution in [3.05, 3.63) is 24.0 Å². The molecule has 1 spiro atoms. The van der Waals surface area contributed by atoms with Crippen LogP contribution in [-0.4, -0.2) is 43.3 Å². The lowest BCUT2D eigenvalue weighted by molar-refractivity contribution is -0.135. The van der Waals surface area contributed by atoms with Crippen molar-refractivity contribution in [2.24, 2.45) is 11.3 Å². The van der Waals surface area contributed by atoms with Gasteiger partial charge in [0, 0.05) is 37.3 Å². The molecule has 1 saturated carbocycles. The van der Waals surface area contributed by atoms with Crippen molar-refractivity contribution < 1.29 is 18.7 Å². The largest absolute Gasteiger partial charge is 0.494 e. The summed E-state index contributed by atoms with van der Waals surface area (Å²) < 4.78 is 25.1. The Hall–Kier alpha value is -1.82. The minimum absolute atomic E-state index is 0.193. The van der Waals surface area contributed by atoms with E-state index in [1.807, 2.05) is 11.8 Å². The molecular formula is C20H27FN2O3. The third-order valence-electron chi connectivity index (χ3n) is 6.26. The maximum atomic E-state index is 14.3. The topological polar surface area (TPSA) is 50.8 Å². The number of rotatable bonds is 4. The number of carbonyl (C=O) groups is 1. The summed E-state index contributed by atoms with van der Waals surface area (Å²) in [6, 6.07) is 4.65. The van der Waals surface area contributed by atoms with Gasteiger partial charge in [-0.25, -0.2) is 9.18 Å². The molecule has 0 radical (unpaired) electrons. The second-order valence-electron chi connectivity index (χ2n) is 7.74. The molecule has 2 saturated heterocycles. The van der Waals surface area contributed by atoms with E-state index < -0.39 is 5.82 Å². The Morgan fingerprint density at radius 1 is 1.38 bits per heavy atom. The van der Waals surface area contributed by atoms with Gasteiger partial charge in [0.15, 0.2) is 0 Å². The van der Waals surface area contributed by atoms with Crippen LogP contribution in [0.1, 0.15) is 39.0 Å². The van der Waals surface area contributed by atoms with Crippen molar-refractivity contribution in [3.63, 3.8) is 0 Å². The van der Waals surface area contributed by atoms with E-state index in [0.29, 0.717) is 23.7 Å². The van der Waals surface area contributed by atoms with Crippen LogP contribution in [0.4, 0.5) is 14.9 Å². The molecule has 2 heterocycles. The Balaban J connectivity index is 1.45. The molecule has 1 aliphatic carbocycles. The lowest BCUT2D eigenvalue weighted by atomic mass is 9.54. The maximum absolute atomic E-state index is 14.3. The molecule has 2 aliphatic heterocycles. The first-order valence-corrected chi connectivity index (χ1v) is 9.71. The predicted molar refractivity (Wildman–Crippen MR) is 96.9 cm³/mol. The highest BCUT2D eigenvalue weighted by Crippen LogP contribution is 2.56. The minimum Gasteiger partial charge on any atom is -0.494 e. The number of carbonyl (C=O) groups excluding carboxylic acids is 1. The lowest BCUT2D eigenvalue weighted by Gasteiger charge is -2.64. The van der Waals surface area contributed by atoms with E-state index in [1.165, 1.54) is 25.3 Å². The van der Waals surface area contributed by atoms with E-state index in [-0.39, 0.29) is 17.8 Å². The Bertz CT molecular complexity index is 671. The number of nitrogens with one attached hydrogen (secondary N) is 1. The third-order valence-corrected chi connectivity index (χ3v) is 6.26. The molecular weight excluding hydrogens is 335 g/mol. The van der Waals surface area contributed by atoms with Gasteiger partial charge in [0.2, 0.25) is 0 Å². The highest BCUT2D eigenvalue weighted by molar-refractivity contribution is 5.90. The normalized spacial score (nSPS) is 24.7. The van der Waals surface area contributed by atoms with Crippen LogP contribution >= 0.6 is 0 Å². The van der Waals surface area contributed by atoms with Gasteiger partial charge in [0.1, 0.15) is 11.6 Å². The molecule has 0 aromatic heterocycles. The molecule has 3 fully saturated rings. The summed E-state index contributed by atoms with van der Waals surface area (Å²) in [7, 11) is 0. The summed E-state index contributed by atoms with van der Waals surface area (Å²) >= 11 is 0. The van der Waals surface area contributed by atoms with Crippen molar-refractivity contribution in [2.45, 2.75) is 45.1 Å². The van der Waals surface area contributed by atoms with Crippen LogP contribution in [0.15, 0.2) is 18.2 Å². The van der Waals surface area contributed by atoms with Gasteiger partial charge < -0.3 is 19.7 Å². The van der Waals surface area contributed by atoms with E-state index in [0.717, 1.165) is 32.6 Å². The van der Waals surface area contributed by atoms with Crippen molar-refractivity contribution in [2.75, 3.05) is 31.7 Å². The smallest absolute Gasteiger partial charge is 0.322 e. The number of benzene rings is 1. The van der Waals surface area contributed by atoms with Crippen LogP contribution in [0, 0.1) is 17.2 Å². The summed E-state index contributed by atoms with van der Waals surface area (Å²) in [5.74, 6) is 0.500. The van der Waals surface area contributed by atoms with Crippen molar-refractivity contribution >= 4 is 11.7 Å². The first-order valence-electron chi connectivity index (χ1n) is 9.71. The molecule has 1 atom stereocenters. The lowest BCUT2D eigenvalue weighted by Crippen LogP contribution is -2.72. The van der Waals surface area contributed by atoms with Crippen LogP contribution in [-0.2, 0) is 4.74 Å². The zero-order valence-corrected chi connectivity index (χ0v) is 15.3. The monoisotopic (exact) mass is 362 g/mol. The molecule has 3 aliphatic rings. The van der Waals surface area contributed by atoms with Gasteiger partial charge in [-0.15, -0.1) is 0 Å². The molecule has 4 rings (SSSR count). The molecule has 0 unspecified atom stereocenters. The van der Waals surface area contributed by atoms with Gasteiger partial charge in [0.25, 0.3) is 0 Å². The number of anilines is 1. The number of hydrogen-bond acceptors (Lipinski definition) is 3. The first kappa shape index (κ1) is 17.6. The Morgan fingerprint density at radius 2 is 2.15 bits per heavy atom. The summed E-state index contributed by atoms with van der Waals surface area (Å²) in [6.45, 7) is 4.68.